The molecule has 0 aromatic heterocycles. The van der Waals surface area contributed by atoms with Crippen molar-refractivity contribution in [3.8, 4) is 6.07 Å². The van der Waals surface area contributed by atoms with Gasteiger partial charge >= 0.3 is 0 Å². The Balaban J connectivity index is 3.44. The third-order valence-corrected chi connectivity index (χ3v) is 2.62. The van der Waals surface area contributed by atoms with Gasteiger partial charge < -0.3 is 0 Å². The molecule has 0 saturated carbocycles. The summed E-state index contributed by atoms with van der Waals surface area (Å²) in [5.41, 5.74) is 0.374. The Morgan fingerprint density at radius 2 is 2.00 bits per heavy atom. The van der Waals surface area contributed by atoms with E-state index in [0.717, 1.165) is 0 Å². The largest absolute Gasteiger partial charge is 0.192 e. The second kappa shape index (κ2) is 3.44. The molecule has 0 bridgehead atoms. The van der Waals surface area contributed by atoms with Crippen LogP contribution in [0.1, 0.15) is 5.56 Å². The molecule has 0 radical (unpaired) electrons. The van der Waals surface area contributed by atoms with Crippen molar-refractivity contribution in [2.45, 2.75) is 0 Å². The van der Waals surface area contributed by atoms with E-state index < -0.39 is 0 Å². The summed E-state index contributed by atoms with van der Waals surface area (Å²) in [4.78, 5) is 0. The molecule has 0 unspecified atom stereocenters. The number of hydrogen-bond donors (Lipinski definition) is 0. The highest BCUT2D eigenvalue weighted by Gasteiger charge is 2.07. The molecule has 1 aromatic rings. The van der Waals surface area contributed by atoms with Gasteiger partial charge in [-0.1, -0.05) is 23.2 Å². The number of nitriles is 1. The predicted molar refractivity (Wildman–Crippen MR) is 48.9 cm³/mol. The van der Waals surface area contributed by atoms with E-state index in [0.29, 0.717) is 20.1 Å². The first-order valence-corrected chi connectivity index (χ1v) is 4.25. The maximum absolute atomic E-state index is 8.60. The topological polar surface area (TPSA) is 23.8 Å². The molecule has 1 aromatic carbocycles. The van der Waals surface area contributed by atoms with Gasteiger partial charge in [-0.05, 0) is 28.1 Å². The van der Waals surface area contributed by atoms with Gasteiger partial charge in [-0.25, -0.2) is 0 Å². The van der Waals surface area contributed by atoms with Crippen LogP contribution in [-0.2, 0) is 0 Å². The average molecular weight is 251 g/mol. The van der Waals surface area contributed by atoms with Crippen LogP contribution in [-0.4, -0.2) is 0 Å². The highest BCUT2D eigenvalue weighted by molar-refractivity contribution is 9.10. The molecule has 0 aliphatic carbocycles. The van der Waals surface area contributed by atoms with Crippen molar-refractivity contribution in [1.29, 1.82) is 5.26 Å². The van der Waals surface area contributed by atoms with Crippen LogP contribution in [0.15, 0.2) is 16.6 Å². The molecule has 0 saturated heterocycles. The van der Waals surface area contributed by atoms with Gasteiger partial charge in [0, 0.05) is 4.47 Å². The molecule has 1 nitrogen and oxygen atoms in total. The number of rotatable bonds is 0. The Morgan fingerprint density at radius 3 is 2.45 bits per heavy atom. The zero-order chi connectivity index (χ0) is 8.43. The molecule has 11 heavy (non-hydrogen) atoms. The first-order valence-electron chi connectivity index (χ1n) is 2.70. The summed E-state index contributed by atoms with van der Waals surface area (Å²) in [6.07, 6.45) is 0. The maximum Gasteiger partial charge on any atom is 0.102 e. The SMILES string of the molecule is N#Cc1c(Br)ccc(Cl)c1Cl. The summed E-state index contributed by atoms with van der Waals surface area (Å²) in [7, 11) is 0. The van der Waals surface area contributed by atoms with Crippen LogP contribution >= 0.6 is 39.1 Å². The van der Waals surface area contributed by atoms with Gasteiger partial charge in [0.15, 0.2) is 0 Å². The molecule has 1 rings (SSSR count). The molecular weight excluding hydrogens is 249 g/mol. The van der Waals surface area contributed by atoms with E-state index >= 15 is 0 Å². The monoisotopic (exact) mass is 249 g/mol. The lowest BCUT2D eigenvalue weighted by Gasteiger charge is -1.98. The number of halogens is 3. The van der Waals surface area contributed by atoms with Crippen LogP contribution in [0.2, 0.25) is 10.0 Å². The Morgan fingerprint density at radius 1 is 1.36 bits per heavy atom. The predicted octanol–water partition coefficient (Wildman–Crippen LogP) is 3.63. The molecule has 56 valence electrons. The third kappa shape index (κ3) is 1.67. The van der Waals surface area contributed by atoms with E-state index in [1.165, 1.54) is 0 Å². The molecule has 0 fully saturated rings. The minimum absolute atomic E-state index is 0.295. The van der Waals surface area contributed by atoms with Crippen LogP contribution < -0.4 is 0 Å². The van der Waals surface area contributed by atoms with E-state index in [2.05, 4.69) is 15.9 Å². The Hall–Kier alpha value is -0.230. The lowest BCUT2D eigenvalue weighted by molar-refractivity contribution is 1.47. The van der Waals surface area contributed by atoms with Crippen molar-refractivity contribution in [1.82, 2.24) is 0 Å². The molecule has 0 N–H and O–H groups in total. The fraction of sp³-hybridized carbons (Fsp3) is 0. The number of benzene rings is 1. The molecule has 0 spiro atoms. The van der Waals surface area contributed by atoms with E-state index in [-0.39, 0.29) is 0 Å². The fourth-order valence-electron chi connectivity index (χ4n) is 0.630. The Bertz CT molecular complexity index is 330. The minimum Gasteiger partial charge on any atom is -0.192 e. The smallest absolute Gasteiger partial charge is 0.102 e. The van der Waals surface area contributed by atoms with Crippen LogP contribution in [0, 0.1) is 11.3 Å². The fourth-order valence-corrected chi connectivity index (χ4v) is 1.53. The van der Waals surface area contributed by atoms with Crippen molar-refractivity contribution >= 4 is 39.1 Å². The van der Waals surface area contributed by atoms with Gasteiger partial charge in [-0.2, -0.15) is 5.26 Å². The average Bonchev–Trinajstić information content (AvgIpc) is 1.99. The summed E-state index contributed by atoms with van der Waals surface area (Å²) in [5.74, 6) is 0. The second-order valence-corrected chi connectivity index (χ2v) is 3.47. The van der Waals surface area contributed by atoms with Crippen LogP contribution in [0.4, 0.5) is 0 Å². The van der Waals surface area contributed by atoms with Crippen molar-refractivity contribution in [2.24, 2.45) is 0 Å². The Labute approximate surface area is 82.7 Å². The summed E-state index contributed by atoms with van der Waals surface area (Å²) in [5, 5.41) is 9.29. The van der Waals surface area contributed by atoms with Gasteiger partial charge in [0.05, 0.1) is 15.6 Å². The van der Waals surface area contributed by atoms with Gasteiger partial charge in [-0.3, -0.25) is 0 Å². The van der Waals surface area contributed by atoms with E-state index in [1.807, 2.05) is 6.07 Å². The summed E-state index contributed by atoms with van der Waals surface area (Å²) < 4.78 is 0.661. The second-order valence-electron chi connectivity index (χ2n) is 1.83. The van der Waals surface area contributed by atoms with Crippen molar-refractivity contribution in [2.75, 3.05) is 0 Å². The van der Waals surface area contributed by atoms with Gasteiger partial charge in [-0.15, -0.1) is 0 Å². The normalized spacial score (nSPS) is 9.27. The van der Waals surface area contributed by atoms with Crippen LogP contribution in [0.5, 0.6) is 0 Å². The van der Waals surface area contributed by atoms with Crippen molar-refractivity contribution in [3.63, 3.8) is 0 Å². The van der Waals surface area contributed by atoms with Gasteiger partial charge in [0.2, 0.25) is 0 Å². The number of nitrogens with zero attached hydrogens (tertiary/aromatic N) is 1. The first kappa shape index (κ1) is 8.86. The van der Waals surface area contributed by atoms with E-state index in [4.69, 9.17) is 28.5 Å². The zero-order valence-electron chi connectivity index (χ0n) is 5.24. The Kier molecular flexibility index (Phi) is 2.78. The summed E-state index contributed by atoms with van der Waals surface area (Å²) in [6.45, 7) is 0. The molecule has 0 heterocycles. The number of hydrogen-bond acceptors (Lipinski definition) is 1. The zero-order valence-corrected chi connectivity index (χ0v) is 8.33. The first-order chi connectivity index (χ1) is 5.16. The lowest BCUT2D eigenvalue weighted by atomic mass is 10.2. The van der Waals surface area contributed by atoms with Gasteiger partial charge in [0.25, 0.3) is 0 Å². The van der Waals surface area contributed by atoms with E-state index in [1.54, 1.807) is 12.1 Å². The van der Waals surface area contributed by atoms with Crippen LogP contribution in [0.3, 0.4) is 0 Å². The standard InChI is InChI=1S/C7H2BrCl2N/c8-5-1-2-6(9)7(10)4(5)3-11/h1-2H. The summed E-state index contributed by atoms with van der Waals surface area (Å²) >= 11 is 14.6. The quantitative estimate of drug-likeness (QED) is 0.646. The molecule has 0 atom stereocenters. The van der Waals surface area contributed by atoms with E-state index in [9.17, 15) is 0 Å². The molecule has 0 aliphatic rings. The highest BCUT2D eigenvalue weighted by Crippen LogP contribution is 2.30. The molecular formula is C7H2BrCl2N. The highest BCUT2D eigenvalue weighted by atomic mass is 79.9. The molecule has 0 amide bonds. The summed E-state index contributed by atoms with van der Waals surface area (Å²) in [6, 6.07) is 5.26. The third-order valence-electron chi connectivity index (χ3n) is 1.16. The maximum atomic E-state index is 8.60. The molecule has 4 heteroatoms. The minimum atomic E-state index is 0.295. The van der Waals surface area contributed by atoms with Crippen LogP contribution in [0.25, 0.3) is 0 Å². The van der Waals surface area contributed by atoms with Crippen molar-refractivity contribution in [3.05, 3.63) is 32.2 Å². The van der Waals surface area contributed by atoms with Crippen molar-refractivity contribution < 1.29 is 0 Å². The lowest BCUT2D eigenvalue weighted by Crippen LogP contribution is -1.79. The molecule has 0 aliphatic heterocycles. The van der Waals surface area contributed by atoms with Gasteiger partial charge in [0.1, 0.15) is 6.07 Å².